The van der Waals surface area contributed by atoms with Crippen molar-refractivity contribution in [2.75, 3.05) is 0 Å². The van der Waals surface area contributed by atoms with Crippen LogP contribution in [-0.2, 0) is 11.2 Å². The van der Waals surface area contributed by atoms with Crippen molar-refractivity contribution in [3.05, 3.63) is 64.7 Å². The maximum absolute atomic E-state index is 11.4. The number of carboxylic acid groups (broad SMARTS) is 1. The fraction of sp³-hybridized carbons (Fsp3) is 0.278. The zero-order chi connectivity index (χ0) is 16.1. The first kappa shape index (κ1) is 16.4. The van der Waals surface area contributed by atoms with Crippen LogP contribution in [0.25, 0.3) is 0 Å². The standard InChI is InChI=1S/C18H19ClO3/c1-12(2)14-5-9-16(10-6-14)22-17(18(20)21)11-13-3-7-15(19)8-4-13/h3-10,12,17H,11H2,1-2H3,(H,20,21)/t17-/m1/s1. The Morgan fingerprint density at radius 3 is 2.18 bits per heavy atom. The molecule has 0 aliphatic carbocycles. The van der Waals surface area contributed by atoms with Gasteiger partial charge in [0, 0.05) is 11.4 Å². The number of halogens is 1. The number of carbonyl (C=O) groups is 1. The summed E-state index contributed by atoms with van der Waals surface area (Å²) in [7, 11) is 0. The van der Waals surface area contributed by atoms with Crippen molar-refractivity contribution < 1.29 is 14.6 Å². The summed E-state index contributed by atoms with van der Waals surface area (Å²) in [6.45, 7) is 4.22. The molecule has 0 fully saturated rings. The van der Waals surface area contributed by atoms with Crippen LogP contribution in [0.1, 0.15) is 30.9 Å². The predicted octanol–water partition coefficient (Wildman–Crippen LogP) is 4.54. The number of ether oxygens (including phenoxy) is 1. The fourth-order valence-corrected chi connectivity index (χ4v) is 2.24. The molecule has 0 saturated heterocycles. The lowest BCUT2D eigenvalue weighted by Gasteiger charge is -2.16. The lowest BCUT2D eigenvalue weighted by atomic mass is 10.0. The van der Waals surface area contributed by atoms with E-state index >= 15 is 0 Å². The maximum Gasteiger partial charge on any atom is 0.345 e. The molecular weight excluding hydrogens is 300 g/mol. The van der Waals surface area contributed by atoms with Crippen LogP contribution >= 0.6 is 11.6 Å². The normalized spacial score (nSPS) is 12.2. The van der Waals surface area contributed by atoms with Gasteiger partial charge in [-0.3, -0.25) is 0 Å². The second kappa shape index (κ2) is 7.32. The molecule has 2 aromatic rings. The molecule has 0 aliphatic heterocycles. The number of aliphatic carboxylic acids is 1. The van der Waals surface area contributed by atoms with Crippen LogP contribution in [0.3, 0.4) is 0 Å². The Morgan fingerprint density at radius 1 is 1.09 bits per heavy atom. The van der Waals surface area contributed by atoms with E-state index in [1.165, 1.54) is 5.56 Å². The Bertz CT molecular complexity index is 618. The van der Waals surface area contributed by atoms with Gasteiger partial charge in [0.25, 0.3) is 0 Å². The summed E-state index contributed by atoms with van der Waals surface area (Å²) in [5, 5.41) is 9.97. The minimum atomic E-state index is -0.983. The molecule has 0 heterocycles. The first-order chi connectivity index (χ1) is 10.5. The molecule has 1 atom stereocenters. The number of carboxylic acids is 1. The largest absolute Gasteiger partial charge is 0.478 e. The Labute approximate surface area is 135 Å². The minimum absolute atomic E-state index is 0.290. The van der Waals surface area contributed by atoms with Gasteiger partial charge in [-0.2, -0.15) is 0 Å². The highest BCUT2D eigenvalue weighted by Gasteiger charge is 2.20. The molecule has 0 aliphatic rings. The van der Waals surface area contributed by atoms with Gasteiger partial charge in [-0.1, -0.05) is 49.7 Å². The average Bonchev–Trinajstić information content (AvgIpc) is 2.49. The third-order valence-electron chi connectivity index (χ3n) is 3.43. The molecule has 2 aromatic carbocycles. The number of hydrogen-bond donors (Lipinski definition) is 1. The zero-order valence-corrected chi connectivity index (χ0v) is 13.4. The van der Waals surface area contributed by atoms with Crippen molar-refractivity contribution in [2.24, 2.45) is 0 Å². The Balaban J connectivity index is 2.08. The molecule has 0 spiro atoms. The van der Waals surface area contributed by atoms with Gasteiger partial charge in [0.05, 0.1) is 0 Å². The van der Waals surface area contributed by atoms with Crippen molar-refractivity contribution in [2.45, 2.75) is 32.3 Å². The zero-order valence-electron chi connectivity index (χ0n) is 12.6. The lowest BCUT2D eigenvalue weighted by Crippen LogP contribution is -2.29. The Kier molecular flexibility index (Phi) is 5.45. The van der Waals surface area contributed by atoms with E-state index in [0.29, 0.717) is 23.1 Å². The topological polar surface area (TPSA) is 46.5 Å². The first-order valence-electron chi connectivity index (χ1n) is 7.19. The lowest BCUT2D eigenvalue weighted by molar-refractivity contribution is -0.145. The minimum Gasteiger partial charge on any atom is -0.478 e. The van der Waals surface area contributed by atoms with Crippen LogP contribution in [0.2, 0.25) is 5.02 Å². The van der Waals surface area contributed by atoms with E-state index in [2.05, 4.69) is 13.8 Å². The molecule has 22 heavy (non-hydrogen) atoms. The second-order valence-corrected chi connectivity index (χ2v) is 5.94. The molecule has 0 amide bonds. The van der Waals surface area contributed by atoms with Gasteiger partial charge in [0.2, 0.25) is 0 Å². The summed E-state index contributed by atoms with van der Waals surface area (Å²) in [5.41, 5.74) is 2.06. The van der Waals surface area contributed by atoms with Crippen molar-refractivity contribution in [1.29, 1.82) is 0 Å². The monoisotopic (exact) mass is 318 g/mol. The van der Waals surface area contributed by atoms with E-state index in [1.54, 1.807) is 12.1 Å². The SMILES string of the molecule is CC(C)c1ccc(O[C@H](Cc2ccc(Cl)cc2)C(=O)O)cc1. The Hall–Kier alpha value is -2.00. The molecule has 1 N–H and O–H groups in total. The highest BCUT2D eigenvalue weighted by Crippen LogP contribution is 2.20. The third kappa shape index (κ3) is 4.50. The third-order valence-corrected chi connectivity index (χ3v) is 3.69. The summed E-state index contributed by atoms with van der Waals surface area (Å²) in [6.07, 6.45) is -0.635. The highest BCUT2D eigenvalue weighted by molar-refractivity contribution is 6.30. The van der Waals surface area contributed by atoms with Crippen molar-refractivity contribution in [1.82, 2.24) is 0 Å². The molecule has 4 heteroatoms. The molecule has 3 nitrogen and oxygen atoms in total. The van der Waals surface area contributed by atoms with Crippen LogP contribution in [0.15, 0.2) is 48.5 Å². The smallest absolute Gasteiger partial charge is 0.345 e. The molecule has 0 bridgehead atoms. The molecule has 0 aromatic heterocycles. The van der Waals surface area contributed by atoms with E-state index in [9.17, 15) is 9.90 Å². The number of benzene rings is 2. The van der Waals surface area contributed by atoms with Gasteiger partial charge < -0.3 is 9.84 Å². The molecule has 0 radical (unpaired) electrons. The first-order valence-corrected chi connectivity index (χ1v) is 7.57. The number of rotatable bonds is 6. The van der Waals surface area contributed by atoms with Crippen molar-refractivity contribution >= 4 is 17.6 Å². The van der Waals surface area contributed by atoms with Crippen LogP contribution in [-0.4, -0.2) is 17.2 Å². The van der Waals surface area contributed by atoms with Gasteiger partial charge in [-0.05, 0) is 41.3 Å². The quantitative estimate of drug-likeness (QED) is 0.850. The van der Waals surface area contributed by atoms with Crippen LogP contribution in [0.5, 0.6) is 5.75 Å². The van der Waals surface area contributed by atoms with E-state index < -0.39 is 12.1 Å². The van der Waals surface area contributed by atoms with Crippen LogP contribution in [0, 0.1) is 0 Å². The molecular formula is C18H19ClO3. The Morgan fingerprint density at radius 2 is 1.68 bits per heavy atom. The van der Waals surface area contributed by atoms with Crippen LogP contribution < -0.4 is 4.74 Å². The van der Waals surface area contributed by atoms with Gasteiger partial charge in [0.1, 0.15) is 5.75 Å². The van der Waals surface area contributed by atoms with Gasteiger partial charge in [-0.15, -0.1) is 0 Å². The summed E-state index contributed by atoms with van der Waals surface area (Å²) in [6, 6.07) is 14.6. The maximum atomic E-state index is 11.4. The molecule has 2 rings (SSSR count). The van der Waals surface area contributed by atoms with E-state index in [4.69, 9.17) is 16.3 Å². The second-order valence-electron chi connectivity index (χ2n) is 5.50. The van der Waals surface area contributed by atoms with Gasteiger partial charge in [0.15, 0.2) is 6.10 Å². The number of hydrogen-bond acceptors (Lipinski definition) is 2. The summed E-state index contributed by atoms with van der Waals surface area (Å²) in [4.78, 5) is 11.4. The fourth-order valence-electron chi connectivity index (χ4n) is 2.11. The molecule has 116 valence electrons. The van der Waals surface area contributed by atoms with Crippen molar-refractivity contribution in [3.8, 4) is 5.75 Å². The molecule has 0 saturated carbocycles. The van der Waals surface area contributed by atoms with Gasteiger partial charge >= 0.3 is 5.97 Å². The molecule has 0 unspecified atom stereocenters. The van der Waals surface area contributed by atoms with Crippen LogP contribution in [0.4, 0.5) is 0 Å². The predicted molar refractivity (Wildman–Crippen MR) is 87.7 cm³/mol. The highest BCUT2D eigenvalue weighted by atomic mass is 35.5. The van der Waals surface area contributed by atoms with E-state index in [-0.39, 0.29) is 0 Å². The summed E-state index contributed by atoms with van der Waals surface area (Å²) < 4.78 is 5.61. The summed E-state index contributed by atoms with van der Waals surface area (Å²) in [5.74, 6) is 0.00652. The van der Waals surface area contributed by atoms with Gasteiger partial charge in [-0.25, -0.2) is 4.79 Å². The van der Waals surface area contributed by atoms with Crippen molar-refractivity contribution in [3.63, 3.8) is 0 Å². The van der Waals surface area contributed by atoms with E-state index in [1.807, 2.05) is 36.4 Å². The van der Waals surface area contributed by atoms with E-state index in [0.717, 1.165) is 5.56 Å². The summed E-state index contributed by atoms with van der Waals surface area (Å²) >= 11 is 5.83. The average molecular weight is 319 g/mol.